The summed E-state index contributed by atoms with van der Waals surface area (Å²) >= 11 is 1.26. The minimum absolute atomic E-state index is 0.0737. The van der Waals surface area contributed by atoms with E-state index < -0.39 is 42.3 Å². The molecule has 2 rings (SSSR count). The van der Waals surface area contributed by atoms with Crippen LogP contribution < -0.4 is 5.32 Å². The van der Waals surface area contributed by atoms with Crippen molar-refractivity contribution in [1.82, 2.24) is 20.3 Å². The number of aliphatic hydroxyl groups excluding tert-OH is 3. The second kappa shape index (κ2) is 6.71. The highest BCUT2D eigenvalue weighted by Gasteiger charge is 2.45. The van der Waals surface area contributed by atoms with Crippen LogP contribution in [-0.4, -0.2) is 79.9 Å². The van der Waals surface area contributed by atoms with Crippen molar-refractivity contribution < 1.29 is 24.9 Å². The van der Waals surface area contributed by atoms with Crippen molar-refractivity contribution in [1.29, 1.82) is 0 Å². The Morgan fingerprint density at radius 3 is 2.81 bits per heavy atom. The van der Waals surface area contributed by atoms with Gasteiger partial charge in [0.25, 0.3) is 5.91 Å². The van der Waals surface area contributed by atoms with Crippen molar-refractivity contribution in [3.05, 3.63) is 11.9 Å². The maximum Gasteiger partial charge on any atom is 0.273 e. The summed E-state index contributed by atoms with van der Waals surface area (Å²) in [7, 11) is 1.46. The van der Waals surface area contributed by atoms with Gasteiger partial charge in [-0.25, -0.2) is 4.68 Å². The fourth-order valence-electron chi connectivity index (χ4n) is 2.23. The highest BCUT2D eigenvalue weighted by atomic mass is 32.2. The van der Waals surface area contributed by atoms with Crippen LogP contribution in [0.15, 0.2) is 6.20 Å². The Morgan fingerprint density at radius 1 is 1.52 bits per heavy atom. The number of rotatable bonds is 4. The Labute approximate surface area is 125 Å². The van der Waals surface area contributed by atoms with Gasteiger partial charge in [-0.3, -0.25) is 4.79 Å². The maximum absolute atomic E-state index is 11.5. The highest BCUT2D eigenvalue weighted by Crippen LogP contribution is 2.33. The first-order chi connectivity index (χ1) is 10.0. The minimum Gasteiger partial charge on any atom is -0.394 e. The zero-order valence-electron chi connectivity index (χ0n) is 11.6. The van der Waals surface area contributed by atoms with E-state index in [0.29, 0.717) is 0 Å². The molecule has 9 nitrogen and oxygen atoms in total. The molecule has 4 N–H and O–H groups in total. The summed E-state index contributed by atoms with van der Waals surface area (Å²) in [6.45, 7) is -0.390. The van der Waals surface area contributed by atoms with Gasteiger partial charge in [0, 0.05) is 7.05 Å². The number of aromatic nitrogens is 3. The van der Waals surface area contributed by atoms with E-state index in [-0.39, 0.29) is 5.69 Å². The van der Waals surface area contributed by atoms with Crippen LogP contribution in [0.4, 0.5) is 0 Å². The summed E-state index contributed by atoms with van der Waals surface area (Å²) in [6.07, 6.45) is 0.00902. The third kappa shape index (κ3) is 3.04. The van der Waals surface area contributed by atoms with E-state index in [1.807, 2.05) is 0 Å². The molecule has 1 amide bonds. The second-order valence-electron chi connectivity index (χ2n) is 4.60. The SMILES string of the molecule is CNC(=O)c1cn(C2[C@@H](O)C(CO)O[C@@H](SC)[C@H]2O)nn1. The number of nitrogens with one attached hydrogen (secondary N) is 1. The number of ether oxygens (including phenoxy) is 1. The predicted octanol–water partition coefficient (Wildman–Crippen LogP) is -2.02. The fraction of sp³-hybridized carbons (Fsp3) is 0.727. The molecule has 5 atom stereocenters. The molecule has 1 aliphatic heterocycles. The zero-order chi connectivity index (χ0) is 15.6. The lowest BCUT2D eigenvalue weighted by Gasteiger charge is -2.41. The lowest BCUT2D eigenvalue weighted by atomic mass is 9.97. The fourth-order valence-corrected chi connectivity index (χ4v) is 2.92. The van der Waals surface area contributed by atoms with Crippen LogP contribution >= 0.6 is 11.8 Å². The van der Waals surface area contributed by atoms with Gasteiger partial charge in [0.2, 0.25) is 0 Å². The van der Waals surface area contributed by atoms with Crippen LogP contribution in [-0.2, 0) is 4.74 Å². The molecular formula is C11H18N4O5S. The number of thioether (sulfide) groups is 1. The quantitative estimate of drug-likeness (QED) is 0.501. The number of hydrogen-bond acceptors (Lipinski definition) is 8. The van der Waals surface area contributed by atoms with Gasteiger partial charge in [0.15, 0.2) is 5.69 Å². The Morgan fingerprint density at radius 2 is 2.24 bits per heavy atom. The molecule has 0 bridgehead atoms. The van der Waals surface area contributed by atoms with Gasteiger partial charge in [-0.1, -0.05) is 5.21 Å². The van der Waals surface area contributed by atoms with E-state index in [9.17, 15) is 20.1 Å². The first-order valence-corrected chi connectivity index (χ1v) is 7.61. The van der Waals surface area contributed by atoms with Crippen molar-refractivity contribution in [2.75, 3.05) is 19.9 Å². The molecule has 1 aromatic rings. The topological polar surface area (TPSA) is 130 Å². The van der Waals surface area contributed by atoms with Crippen molar-refractivity contribution in [2.45, 2.75) is 29.8 Å². The standard InChI is InChI=1S/C11H18N4O5S/c1-12-10(19)5-3-15(14-13-5)7-8(17)6(4-16)20-11(21-2)9(7)18/h3,6-9,11,16-18H,4H2,1-2H3,(H,12,19)/t6?,7?,8-,9-,11-/m0/s1. The van der Waals surface area contributed by atoms with Gasteiger partial charge in [-0.15, -0.1) is 16.9 Å². The largest absolute Gasteiger partial charge is 0.394 e. The molecule has 0 saturated carbocycles. The van der Waals surface area contributed by atoms with Crippen molar-refractivity contribution in [3.8, 4) is 0 Å². The number of hydrogen-bond donors (Lipinski definition) is 4. The van der Waals surface area contributed by atoms with Crippen LogP contribution in [0.3, 0.4) is 0 Å². The van der Waals surface area contributed by atoms with Crippen molar-refractivity contribution in [2.24, 2.45) is 0 Å². The summed E-state index contributed by atoms with van der Waals surface area (Å²) in [4.78, 5) is 11.5. The van der Waals surface area contributed by atoms with E-state index in [0.717, 1.165) is 0 Å². The van der Waals surface area contributed by atoms with Gasteiger partial charge >= 0.3 is 0 Å². The third-order valence-corrected chi connectivity index (χ3v) is 4.21. The lowest BCUT2D eigenvalue weighted by molar-refractivity contribution is -0.178. The van der Waals surface area contributed by atoms with E-state index >= 15 is 0 Å². The van der Waals surface area contributed by atoms with Crippen LogP contribution in [0.2, 0.25) is 0 Å². The van der Waals surface area contributed by atoms with Gasteiger partial charge in [0.1, 0.15) is 29.8 Å². The van der Waals surface area contributed by atoms with Gasteiger partial charge in [-0.2, -0.15) is 0 Å². The first kappa shape index (κ1) is 16.2. The summed E-state index contributed by atoms with van der Waals surface area (Å²) in [6, 6.07) is -0.862. The zero-order valence-corrected chi connectivity index (χ0v) is 12.4. The molecule has 10 heteroatoms. The summed E-state index contributed by atoms with van der Waals surface area (Å²) < 4.78 is 6.64. The maximum atomic E-state index is 11.5. The molecule has 2 unspecified atom stereocenters. The summed E-state index contributed by atoms with van der Waals surface area (Å²) in [5.41, 5.74) is -0.548. The van der Waals surface area contributed by atoms with Crippen LogP contribution in [0.25, 0.3) is 0 Å². The first-order valence-electron chi connectivity index (χ1n) is 6.32. The molecule has 1 fully saturated rings. The Bertz CT molecular complexity index is 483. The van der Waals surface area contributed by atoms with Crippen molar-refractivity contribution >= 4 is 17.7 Å². The summed E-state index contributed by atoms with van der Waals surface area (Å²) in [5.74, 6) is -0.419. The number of carbonyl (C=O) groups excluding carboxylic acids is 1. The van der Waals surface area contributed by atoms with E-state index in [4.69, 9.17) is 4.74 Å². The molecule has 1 aliphatic rings. The predicted molar refractivity (Wildman–Crippen MR) is 73.7 cm³/mol. The van der Waals surface area contributed by atoms with Gasteiger partial charge < -0.3 is 25.4 Å². The van der Waals surface area contributed by atoms with Gasteiger partial charge in [0.05, 0.1) is 12.8 Å². The van der Waals surface area contributed by atoms with Crippen LogP contribution in [0.1, 0.15) is 16.5 Å². The molecule has 0 radical (unpaired) electrons. The normalized spacial score (nSPS) is 32.9. The van der Waals surface area contributed by atoms with Crippen LogP contribution in [0.5, 0.6) is 0 Å². The smallest absolute Gasteiger partial charge is 0.273 e. The van der Waals surface area contributed by atoms with Gasteiger partial charge in [-0.05, 0) is 6.26 Å². The average molecular weight is 318 g/mol. The minimum atomic E-state index is -1.17. The monoisotopic (exact) mass is 318 g/mol. The molecule has 1 saturated heterocycles. The Balaban J connectivity index is 2.29. The molecule has 0 aromatic carbocycles. The molecule has 0 aliphatic carbocycles. The molecule has 1 aromatic heterocycles. The van der Waals surface area contributed by atoms with E-state index in [2.05, 4.69) is 15.6 Å². The molecule has 2 heterocycles. The lowest BCUT2D eigenvalue weighted by Crippen LogP contribution is -2.54. The Kier molecular flexibility index (Phi) is 5.17. The molecule has 118 valence electrons. The van der Waals surface area contributed by atoms with Crippen LogP contribution in [0, 0.1) is 0 Å². The van der Waals surface area contributed by atoms with E-state index in [1.54, 1.807) is 6.26 Å². The Hall–Kier alpha value is -1.20. The molecule has 0 spiro atoms. The second-order valence-corrected chi connectivity index (χ2v) is 5.53. The summed E-state index contributed by atoms with van der Waals surface area (Å²) in [5, 5.41) is 39.7. The number of carbonyl (C=O) groups is 1. The number of aliphatic hydroxyl groups is 3. The number of nitrogens with zero attached hydrogens (tertiary/aromatic N) is 3. The molecular weight excluding hydrogens is 300 g/mol. The highest BCUT2D eigenvalue weighted by molar-refractivity contribution is 7.99. The average Bonchev–Trinajstić information content (AvgIpc) is 2.96. The molecule has 21 heavy (non-hydrogen) atoms. The van der Waals surface area contributed by atoms with Crippen molar-refractivity contribution in [3.63, 3.8) is 0 Å². The number of amides is 1. The van der Waals surface area contributed by atoms with E-state index in [1.165, 1.54) is 29.7 Å². The third-order valence-electron chi connectivity index (χ3n) is 3.36.